The van der Waals surface area contributed by atoms with Crippen molar-refractivity contribution in [3.8, 4) is 61.7 Å². The van der Waals surface area contributed by atoms with Crippen LogP contribution in [0.3, 0.4) is 0 Å². The van der Waals surface area contributed by atoms with Gasteiger partial charge in [-0.2, -0.15) is 0 Å². The Balaban J connectivity index is 1.01. The number of hydrogen-bond donors (Lipinski definition) is 0. The Hall–Kier alpha value is -6.84. The lowest BCUT2D eigenvalue weighted by atomic mass is 9.98. The van der Waals surface area contributed by atoms with Crippen LogP contribution in [-0.2, 0) is 0 Å². The van der Waals surface area contributed by atoms with Gasteiger partial charge in [-0.25, -0.2) is 9.97 Å². The third kappa shape index (κ3) is 4.32. The fourth-order valence-electron chi connectivity index (χ4n) is 8.11. The lowest BCUT2D eigenvalue weighted by molar-refractivity contribution is 1.19. The predicted molar refractivity (Wildman–Crippen MR) is 212 cm³/mol. The Morgan fingerprint density at radius 1 is 0.373 bits per heavy atom. The predicted octanol–water partition coefficient (Wildman–Crippen LogP) is 12.5. The number of hydrogen-bond acceptors (Lipinski definition) is 2. The average molecular weight is 648 g/mol. The average Bonchev–Trinajstić information content (AvgIpc) is 3.71. The molecule has 1 aliphatic rings. The maximum absolute atomic E-state index is 5.15. The molecule has 0 atom stereocenters. The Labute approximate surface area is 294 Å². The van der Waals surface area contributed by atoms with Crippen molar-refractivity contribution >= 4 is 43.5 Å². The minimum absolute atomic E-state index is 0.754. The van der Waals surface area contributed by atoms with Crippen molar-refractivity contribution in [3.05, 3.63) is 176 Å². The van der Waals surface area contributed by atoms with E-state index >= 15 is 0 Å². The second-order valence-electron chi connectivity index (χ2n) is 13.4. The number of para-hydroxylation sites is 1. The summed E-state index contributed by atoms with van der Waals surface area (Å²) < 4.78 is 2.39. The van der Waals surface area contributed by atoms with Crippen LogP contribution in [0.4, 0.5) is 0 Å². The Bertz CT molecular complexity index is 3030. The molecule has 0 aliphatic heterocycles. The van der Waals surface area contributed by atoms with E-state index in [1.54, 1.807) is 0 Å². The van der Waals surface area contributed by atoms with E-state index in [2.05, 4.69) is 180 Å². The molecule has 0 N–H and O–H groups in total. The molecule has 11 rings (SSSR count). The second kappa shape index (κ2) is 10.8. The minimum Gasteiger partial charge on any atom is -0.309 e. The zero-order valence-corrected chi connectivity index (χ0v) is 27.6. The van der Waals surface area contributed by atoms with E-state index in [0.29, 0.717) is 0 Å². The van der Waals surface area contributed by atoms with Crippen LogP contribution >= 0.6 is 0 Å². The summed E-state index contributed by atoms with van der Waals surface area (Å²) in [5, 5.41) is 5.97. The molecule has 10 aromatic rings. The standard InChI is InChI=1S/C48H29N3/c1-2-10-30(11-3-1)31-12-8-13-32(26-31)35-23-25-45-42(29-35)39-15-6-7-19-44(39)51(45)37-24-22-33-27-36(21-20-34(33)28-37)48-49-43-18-9-17-40-38-14-4-5-16-41(38)47(50-48)46(40)43/h1-29H. The van der Waals surface area contributed by atoms with Crippen molar-refractivity contribution in [1.82, 2.24) is 14.5 Å². The summed E-state index contributed by atoms with van der Waals surface area (Å²) in [5.74, 6) is 0.754. The lowest BCUT2D eigenvalue weighted by Gasteiger charge is -2.11. The summed E-state index contributed by atoms with van der Waals surface area (Å²) in [5.41, 5.74) is 15.0. The fourth-order valence-corrected chi connectivity index (χ4v) is 8.11. The number of benzene rings is 8. The van der Waals surface area contributed by atoms with Crippen LogP contribution in [0.2, 0.25) is 0 Å². The molecule has 0 fully saturated rings. The van der Waals surface area contributed by atoms with Gasteiger partial charge in [-0.05, 0) is 92.7 Å². The summed E-state index contributed by atoms with van der Waals surface area (Å²) in [4.78, 5) is 10.2. The fraction of sp³-hybridized carbons (Fsp3) is 0. The number of fused-ring (bicyclic) bond motifs is 7. The first-order valence-corrected chi connectivity index (χ1v) is 17.4. The van der Waals surface area contributed by atoms with Gasteiger partial charge in [0.15, 0.2) is 5.82 Å². The molecule has 2 heterocycles. The van der Waals surface area contributed by atoms with Gasteiger partial charge in [-0.1, -0.05) is 127 Å². The van der Waals surface area contributed by atoms with E-state index in [-0.39, 0.29) is 0 Å². The van der Waals surface area contributed by atoms with Gasteiger partial charge >= 0.3 is 0 Å². The second-order valence-corrected chi connectivity index (χ2v) is 13.4. The Kier molecular flexibility index (Phi) is 5.96. The van der Waals surface area contributed by atoms with Crippen molar-refractivity contribution in [3.63, 3.8) is 0 Å². The molecule has 0 radical (unpaired) electrons. The summed E-state index contributed by atoms with van der Waals surface area (Å²) in [6, 6.07) is 63.3. The SMILES string of the molecule is c1ccc(-c2cccc(-c3ccc4c(c3)c3ccccc3n4-c3ccc4cc(-c5nc6c7c(cccc7n5)-c5ccccc5-6)ccc4c3)c2)cc1. The van der Waals surface area contributed by atoms with Crippen molar-refractivity contribution in [2.24, 2.45) is 0 Å². The van der Waals surface area contributed by atoms with Crippen LogP contribution in [0.25, 0.3) is 105 Å². The van der Waals surface area contributed by atoms with E-state index < -0.39 is 0 Å². The smallest absolute Gasteiger partial charge is 0.160 e. The van der Waals surface area contributed by atoms with E-state index in [9.17, 15) is 0 Å². The maximum atomic E-state index is 5.15. The van der Waals surface area contributed by atoms with Gasteiger partial charge in [0.25, 0.3) is 0 Å². The van der Waals surface area contributed by atoms with E-state index in [4.69, 9.17) is 9.97 Å². The Morgan fingerprint density at radius 3 is 1.96 bits per heavy atom. The molecule has 3 nitrogen and oxygen atoms in total. The number of nitrogens with zero attached hydrogens (tertiary/aromatic N) is 3. The zero-order valence-electron chi connectivity index (χ0n) is 27.6. The molecule has 51 heavy (non-hydrogen) atoms. The zero-order chi connectivity index (χ0) is 33.5. The van der Waals surface area contributed by atoms with Gasteiger partial charge < -0.3 is 4.57 Å². The summed E-state index contributed by atoms with van der Waals surface area (Å²) in [6.07, 6.45) is 0. The van der Waals surface area contributed by atoms with Gasteiger partial charge in [-0.3, -0.25) is 0 Å². The van der Waals surface area contributed by atoms with Crippen LogP contribution in [0.1, 0.15) is 0 Å². The molecule has 0 saturated heterocycles. The van der Waals surface area contributed by atoms with Crippen LogP contribution in [-0.4, -0.2) is 14.5 Å². The minimum atomic E-state index is 0.754. The van der Waals surface area contributed by atoms with Gasteiger partial charge in [-0.15, -0.1) is 0 Å². The largest absolute Gasteiger partial charge is 0.309 e. The first kappa shape index (κ1) is 28.0. The van der Waals surface area contributed by atoms with Crippen molar-refractivity contribution in [1.29, 1.82) is 0 Å². The van der Waals surface area contributed by atoms with Gasteiger partial charge in [0.05, 0.1) is 22.2 Å². The molecular weight excluding hydrogens is 619 g/mol. The number of rotatable bonds is 4. The van der Waals surface area contributed by atoms with Gasteiger partial charge in [0.1, 0.15) is 0 Å². The molecular formula is C48H29N3. The Morgan fingerprint density at radius 2 is 1.04 bits per heavy atom. The monoisotopic (exact) mass is 647 g/mol. The van der Waals surface area contributed by atoms with Crippen LogP contribution < -0.4 is 0 Å². The highest BCUT2D eigenvalue weighted by Crippen LogP contribution is 2.46. The van der Waals surface area contributed by atoms with E-state index in [1.807, 2.05) is 0 Å². The molecule has 0 unspecified atom stereocenters. The molecule has 236 valence electrons. The molecule has 0 bridgehead atoms. The van der Waals surface area contributed by atoms with Crippen LogP contribution in [0.15, 0.2) is 176 Å². The van der Waals surface area contributed by atoms with Gasteiger partial charge in [0.2, 0.25) is 0 Å². The van der Waals surface area contributed by atoms with Crippen molar-refractivity contribution in [2.45, 2.75) is 0 Å². The molecule has 1 aliphatic carbocycles. The molecule has 0 amide bonds. The third-order valence-corrected chi connectivity index (χ3v) is 10.5. The molecule has 0 saturated carbocycles. The molecule has 2 aromatic heterocycles. The summed E-state index contributed by atoms with van der Waals surface area (Å²) in [7, 11) is 0. The topological polar surface area (TPSA) is 30.7 Å². The quantitative estimate of drug-likeness (QED) is 0.190. The van der Waals surface area contributed by atoms with E-state index in [1.165, 1.54) is 66.1 Å². The number of aromatic nitrogens is 3. The summed E-state index contributed by atoms with van der Waals surface area (Å²) in [6.45, 7) is 0. The first-order valence-electron chi connectivity index (χ1n) is 17.4. The van der Waals surface area contributed by atoms with Crippen molar-refractivity contribution < 1.29 is 0 Å². The summed E-state index contributed by atoms with van der Waals surface area (Å²) >= 11 is 0. The molecule has 0 spiro atoms. The highest BCUT2D eigenvalue weighted by Gasteiger charge is 2.24. The van der Waals surface area contributed by atoms with Crippen LogP contribution in [0.5, 0.6) is 0 Å². The molecule has 3 heteroatoms. The third-order valence-electron chi connectivity index (χ3n) is 10.5. The van der Waals surface area contributed by atoms with Crippen molar-refractivity contribution in [2.75, 3.05) is 0 Å². The van der Waals surface area contributed by atoms with Crippen LogP contribution in [0, 0.1) is 0 Å². The normalized spacial score (nSPS) is 11.9. The van der Waals surface area contributed by atoms with E-state index in [0.717, 1.165) is 39.1 Å². The molecule has 8 aromatic carbocycles. The highest BCUT2D eigenvalue weighted by atomic mass is 15.0. The lowest BCUT2D eigenvalue weighted by Crippen LogP contribution is -1.95. The highest BCUT2D eigenvalue weighted by molar-refractivity contribution is 6.13. The maximum Gasteiger partial charge on any atom is 0.160 e. The first-order chi connectivity index (χ1) is 25.3. The van der Waals surface area contributed by atoms with Gasteiger partial charge in [0, 0.05) is 33.0 Å².